The Morgan fingerprint density at radius 1 is 0.929 bits per heavy atom. The van der Waals surface area contributed by atoms with E-state index in [1.165, 1.54) is 6.26 Å². The number of halogens is 2. The summed E-state index contributed by atoms with van der Waals surface area (Å²) in [7, 11) is -3.27. The van der Waals surface area contributed by atoms with E-state index in [9.17, 15) is 8.42 Å². The van der Waals surface area contributed by atoms with Gasteiger partial charge in [-0.25, -0.2) is 8.42 Å². The minimum absolute atomic E-state index is 0.263. The van der Waals surface area contributed by atoms with Crippen LogP contribution in [0.5, 0.6) is 5.75 Å². The lowest BCUT2D eigenvalue weighted by atomic mass is 9.92. The Hall–Kier alpha value is -2.27. The van der Waals surface area contributed by atoms with Gasteiger partial charge in [0.1, 0.15) is 11.5 Å². The first kappa shape index (κ1) is 19.1. The number of hydrogen-bond donors (Lipinski definition) is 0. The highest BCUT2D eigenvalue weighted by Crippen LogP contribution is 2.41. The molecule has 1 heterocycles. The van der Waals surface area contributed by atoms with Gasteiger partial charge in [0.15, 0.2) is 9.84 Å². The highest BCUT2D eigenvalue weighted by atomic mass is 35.5. The van der Waals surface area contributed by atoms with Crippen LogP contribution in [-0.2, 0) is 16.3 Å². The van der Waals surface area contributed by atoms with Crippen molar-refractivity contribution in [2.24, 2.45) is 0 Å². The third kappa shape index (κ3) is 3.68. The van der Waals surface area contributed by atoms with Gasteiger partial charge >= 0.3 is 0 Å². The van der Waals surface area contributed by atoms with Gasteiger partial charge in [0.25, 0.3) is 0 Å². The summed E-state index contributed by atoms with van der Waals surface area (Å²) in [5, 5.41) is 1.10. The maximum atomic E-state index is 11.8. The molecule has 28 heavy (non-hydrogen) atoms. The summed E-state index contributed by atoms with van der Waals surface area (Å²) in [6, 6.07) is 19.9. The minimum atomic E-state index is -3.27. The van der Waals surface area contributed by atoms with Crippen LogP contribution in [0.3, 0.4) is 0 Å². The van der Waals surface area contributed by atoms with Gasteiger partial charge in [0.05, 0.1) is 4.90 Å². The molecule has 0 atom stereocenters. The SMILES string of the molecule is CS(=O)(=O)c1ccc(C2=C(c3ccc(Cl)cc3Cl)Cc3ccccc3O2)cc1. The van der Waals surface area contributed by atoms with Crippen molar-refractivity contribution in [1.82, 2.24) is 0 Å². The molecular formula is C22H16Cl2O3S. The zero-order valence-corrected chi connectivity index (χ0v) is 17.3. The fourth-order valence-corrected chi connectivity index (χ4v) is 4.38. The zero-order valence-electron chi connectivity index (χ0n) is 14.9. The minimum Gasteiger partial charge on any atom is -0.456 e. The average molecular weight is 431 g/mol. The molecule has 0 spiro atoms. The molecule has 0 saturated heterocycles. The molecule has 0 N–H and O–H groups in total. The molecule has 3 nitrogen and oxygen atoms in total. The third-order valence-corrected chi connectivity index (χ3v) is 6.30. The second kappa shape index (κ2) is 7.28. The first-order chi connectivity index (χ1) is 13.3. The monoisotopic (exact) mass is 430 g/mol. The van der Waals surface area contributed by atoms with Crippen molar-refractivity contribution in [1.29, 1.82) is 0 Å². The van der Waals surface area contributed by atoms with Crippen molar-refractivity contribution in [2.75, 3.05) is 6.26 Å². The van der Waals surface area contributed by atoms with Crippen molar-refractivity contribution in [2.45, 2.75) is 11.3 Å². The van der Waals surface area contributed by atoms with Crippen molar-refractivity contribution >= 4 is 44.4 Å². The number of rotatable bonds is 3. The first-order valence-electron chi connectivity index (χ1n) is 8.58. The van der Waals surface area contributed by atoms with E-state index < -0.39 is 9.84 Å². The molecule has 0 radical (unpaired) electrons. The van der Waals surface area contributed by atoms with Gasteiger partial charge in [-0.3, -0.25) is 0 Å². The normalized spacial score (nSPS) is 13.8. The molecular weight excluding hydrogens is 415 g/mol. The Bertz CT molecular complexity index is 1200. The highest BCUT2D eigenvalue weighted by Gasteiger charge is 2.24. The summed E-state index contributed by atoms with van der Waals surface area (Å²) in [5.74, 6) is 1.43. The van der Waals surface area contributed by atoms with Crippen molar-refractivity contribution in [3.05, 3.63) is 93.5 Å². The summed E-state index contributed by atoms with van der Waals surface area (Å²) in [6.07, 6.45) is 1.83. The van der Waals surface area contributed by atoms with E-state index in [0.717, 1.165) is 28.0 Å². The van der Waals surface area contributed by atoms with Crippen LogP contribution in [0.15, 0.2) is 71.6 Å². The molecule has 0 fully saturated rings. The van der Waals surface area contributed by atoms with Crippen LogP contribution < -0.4 is 4.74 Å². The van der Waals surface area contributed by atoms with E-state index in [4.69, 9.17) is 27.9 Å². The van der Waals surface area contributed by atoms with Crippen molar-refractivity contribution in [3.63, 3.8) is 0 Å². The van der Waals surface area contributed by atoms with Crippen LogP contribution in [0.1, 0.15) is 16.7 Å². The maximum absolute atomic E-state index is 11.8. The summed E-state index contributed by atoms with van der Waals surface area (Å²) < 4.78 is 29.8. The molecule has 0 aromatic heterocycles. The molecule has 4 rings (SSSR count). The van der Waals surface area contributed by atoms with Crippen LogP contribution >= 0.6 is 23.2 Å². The number of benzene rings is 3. The number of para-hydroxylation sites is 1. The molecule has 0 unspecified atom stereocenters. The molecule has 0 amide bonds. The maximum Gasteiger partial charge on any atom is 0.175 e. The van der Waals surface area contributed by atoms with E-state index in [0.29, 0.717) is 22.2 Å². The molecule has 0 bridgehead atoms. The summed E-state index contributed by atoms with van der Waals surface area (Å²) in [6.45, 7) is 0. The first-order valence-corrected chi connectivity index (χ1v) is 11.2. The molecule has 0 aliphatic carbocycles. The van der Waals surface area contributed by atoms with Gasteiger partial charge in [-0.2, -0.15) is 0 Å². The zero-order chi connectivity index (χ0) is 19.9. The standard InChI is InChI=1S/C22H16Cl2O3S/c1-28(25,26)17-9-6-14(7-10-17)22-19(18-11-8-16(23)13-20(18)24)12-15-4-2-3-5-21(15)27-22/h2-11,13H,12H2,1H3. The van der Waals surface area contributed by atoms with Gasteiger partial charge < -0.3 is 4.74 Å². The Morgan fingerprint density at radius 2 is 1.64 bits per heavy atom. The second-order valence-corrected chi connectivity index (χ2v) is 9.47. The predicted molar refractivity (Wildman–Crippen MR) is 114 cm³/mol. The lowest BCUT2D eigenvalue weighted by Crippen LogP contribution is -2.10. The van der Waals surface area contributed by atoms with E-state index in [-0.39, 0.29) is 4.90 Å². The van der Waals surface area contributed by atoms with Crippen LogP contribution in [0.25, 0.3) is 11.3 Å². The number of fused-ring (bicyclic) bond motifs is 1. The van der Waals surface area contributed by atoms with Crippen molar-refractivity contribution < 1.29 is 13.2 Å². The van der Waals surface area contributed by atoms with Gasteiger partial charge in [-0.15, -0.1) is 0 Å². The van der Waals surface area contributed by atoms with E-state index >= 15 is 0 Å². The van der Waals surface area contributed by atoms with Crippen LogP contribution in [0.2, 0.25) is 10.0 Å². The molecule has 6 heteroatoms. The van der Waals surface area contributed by atoms with E-state index in [2.05, 4.69) is 0 Å². The number of sulfone groups is 1. The molecule has 3 aromatic rings. The van der Waals surface area contributed by atoms with Gasteiger partial charge in [-0.05, 0) is 48.0 Å². The van der Waals surface area contributed by atoms with Gasteiger partial charge in [-0.1, -0.05) is 47.5 Å². The predicted octanol–water partition coefficient (Wildman–Crippen LogP) is 5.90. The molecule has 0 saturated carbocycles. The Labute approximate surface area is 174 Å². The Morgan fingerprint density at radius 3 is 2.32 bits per heavy atom. The number of hydrogen-bond acceptors (Lipinski definition) is 3. The van der Waals surface area contributed by atoms with Crippen molar-refractivity contribution in [3.8, 4) is 5.75 Å². The summed E-state index contributed by atoms with van der Waals surface area (Å²) >= 11 is 12.5. The fourth-order valence-electron chi connectivity index (χ4n) is 3.23. The quantitative estimate of drug-likeness (QED) is 0.519. The van der Waals surface area contributed by atoms with Gasteiger partial charge in [0, 0.05) is 39.4 Å². The molecule has 1 aliphatic rings. The highest BCUT2D eigenvalue weighted by molar-refractivity contribution is 7.90. The topological polar surface area (TPSA) is 43.4 Å². The molecule has 3 aromatic carbocycles. The summed E-state index contributed by atoms with van der Waals surface area (Å²) in [5.41, 5.74) is 3.60. The van der Waals surface area contributed by atoms with E-state index in [1.807, 2.05) is 30.3 Å². The van der Waals surface area contributed by atoms with Gasteiger partial charge in [0.2, 0.25) is 0 Å². The molecule has 1 aliphatic heterocycles. The third-order valence-electron chi connectivity index (χ3n) is 4.63. The largest absolute Gasteiger partial charge is 0.456 e. The average Bonchev–Trinajstić information content (AvgIpc) is 2.66. The summed E-state index contributed by atoms with van der Waals surface area (Å²) in [4.78, 5) is 0.263. The fraction of sp³-hybridized carbons (Fsp3) is 0.0909. The smallest absolute Gasteiger partial charge is 0.175 e. The van der Waals surface area contributed by atoms with Crippen LogP contribution in [-0.4, -0.2) is 14.7 Å². The Balaban J connectivity index is 1.89. The second-order valence-electron chi connectivity index (χ2n) is 6.61. The number of allylic oxidation sites excluding steroid dienone is 1. The lowest BCUT2D eigenvalue weighted by molar-refractivity contribution is 0.502. The van der Waals surface area contributed by atoms with E-state index in [1.54, 1.807) is 36.4 Å². The molecule has 142 valence electrons. The lowest BCUT2D eigenvalue weighted by Gasteiger charge is -2.25. The Kier molecular flexibility index (Phi) is 4.96. The van der Waals surface area contributed by atoms with Crippen LogP contribution in [0, 0.1) is 0 Å². The number of ether oxygens (including phenoxy) is 1. The van der Waals surface area contributed by atoms with Crippen LogP contribution in [0.4, 0.5) is 0 Å².